The largest absolute Gasteiger partial charge is 0.368 e. The Hall–Kier alpha value is -2.97. The minimum absolute atomic E-state index is 0.131. The molecular weight excluding hydrogens is 280 g/mol. The highest BCUT2D eigenvalue weighted by molar-refractivity contribution is 6.09. The second kappa shape index (κ2) is 4.85. The molecule has 0 aromatic heterocycles. The molecule has 0 unspecified atom stereocenters. The standard InChI is InChI=1S/C12H12N4O5/c1-12(7-2-4-8(5-3-7)16(20)21)10(18)15(6-9(13)17)11(19)14-12/h2-5H,6H2,1H3,(H2,13,17)(H,14,19)/t12-/m0/s1. The van der Waals surface area contributed by atoms with Gasteiger partial charge in [-0.25, -0.2) is 4.79 Å². The molecule has 1 aliphatic rings. The molecule has 0 radical (unpaired) electrons. The predicted octanol–water partition coefficient (Wildman–Crippen LogP) is -0.153. The Morgan fingerprint density at radius 1 is 1.38 bits per heavy atom. The maximum absolute atomic E-state index is 12.3. The van der Waals surface area contributed by atoms with Gasteiger partial charge in [0.2, 0.25) is 5.91 Å². The number of nitrogens with zero attached hydrogens (tertiary/aromatic N) is 2. The van der Waals surface area contributed by atoms with Crippen LogP contribution in [0.25, 0.3) is 0 Å². The summed E-state index contributed by atoms with van der Waals surface area (Å²) in [5.74, 6) is -1.45. The maximum atomic E-state index is 12.3. The molecular formula is C12H12N4O5. The van der Waals surface area contributed by atoms with Crippen molar-refractivity contribution in [2.24, 2.45) is 5.73 Å². The van der Waals surface area contributed by atoms with E-state index in [1.807, 2.05) is 0 Å². The fraction of sp³-hybridized carbons (Fsp3) is 0.250. The Bertz CT molecular complexity index is 642. The van der Waals surface area contributed by atoms with E-state index >= 15 is 0 Å². The third-order valence-corrected chi connectivity index (χ3v) is 3.24. The molecule has 1 atom stereocenters. The molecule has 2 rings (SSSR count). The molecule has 9 nitrogen and oxygen atoms in total. The van der Waals surface area contributed by atoms with Gasteiger partial charge in [0.25, 0.3) is 11.6 Å². The smallest absolute Gasteiger partial charge is 0.325 e. The Kier molecular flexibility index (Phi) is 3.34. The number of nitrogens with one attached hydrogen (secondary N) is 1. The lowest BCUT2D eigenvalue weighted by molar-refractivity contribution is -0.384. The summed E-state index contributed by atoms with van der Waals surface area (Å²) in [6, 6.07) is 4.49. The lowest BCUT2D eigenvalue weighted by atomic mass is 9.92. The molecule has 0 spiro atoms. The fourth-order valence-electron chi connectivity index (χ4n) is 2.11. The molecule has 1 aromatic carbocycles. The first-order valence-corrected chi connectivity index (χ1v) is 5.93. The lowest BCUT2D eigenvalue weighted by Crippen LogP contribution is -2.42. The number of non-ortho nitro benzene ring substituents is 1. The summed E-state index contributed by atoms with van der Waals surface area (Å²) < 4.78 is 0. The van der Waals surface area contributed by atoms with Crippen molar-refractivity contribution in [2.45, 2.75) is 12.5 Å². The summed E-state index contributed by atoms with van der Waals surface area (Å²) in [7, 11) is 0. The van der Waals surface area contributed by atoms with E-state index in [4.69, 9.17) is 5.73 Å². The molecule has 1 fully saturated rings. The van der Waals surface area contributed by atoms with E-state index in [1.54, 1.807) is 0 Å². The third-order valence-electron chi connectivity index (χ3n) is 3.24. The highest BCUT2D eigenvalue weighted by atomic mass is 16.6. The second-order valence-corrected chi connectivity index (χ2v) is 4.72. The van der Waals surface area contributed by atoms with Crippen LogP contribution in [-0.2, 0) is 15.1 Å². The van der Waals surface area contributed by atoms with E-state index in [1.165, 1.54) is 31.2 Å². The minimum Gasteiger partial charge on any atom is -0.368 e. The number of nitro benzene ring substituents is 1. The number of nitrogens with two attached hydrogens (primary N) is 1. The van der Waals surface area contributed by atoms with Crippen LogP contribution in [0.15, 0.2) is 24.3 Å². The van der Waals surface area contributed by atoms with Gasteiger partial charge in [0.05, 0.1) is 4.92 Å². The van der Waals surface area contributed by atoms with Crippen molar-refractivity contribution in [1.82, 2.24) is 10.2 Å². The number of nitro groups is 1. The predicted molar refractivity (Wildman–Crippen MR) is 69.9 cm³/mol. The number of urea groups is 1. The molecule has 21 heavy (non-hydrogen) atoms. The van der Waals surface area contributed by atoms with Gasteiger partial charge in [-0.15, -0.1) is 0 Å². The second-order valence-electron chi connectivity index (χ2n) is 4.72. The molecule has 1 aliphatic heterocycles. The number of benzene rings is 1. The molecule has 0 aliphatic carbocycles. The molecule has 9 heteroatoms. The normalized spacial score (nSPS) is 21.3. The van der Waals surface area contributed by atoms with E-state index in [9.17, 15) is 24.5 Å². The van der Waals surface area contributed by atoms with Crippen LogP contribution in [0.2, 0.25) is 0 Å². The summed E-state index contributed by atoms with van der Waals surface area (Å²) in [5.41, 5.74) is 3.84. The number of hydrogen-bond acceptors (Lipinski definition) is 5. The molecule has 0 saturated carbocycles. The molecule has 1 saturated heterocycles. The fourth-order valence-corrected chi connectivity index (χ4v) is 2.11. The van der Waals surface area contributed by atoms with Gasteiger partial charge in [-0.3, -0.25) is 24.6 Å². The first-order valence-electron chi connectivity index (χ1n) is 5.93. The zero-order valence-electron chi connectivity index (χ0n) is 11.0. The average Bonchev–Trinajstić information content (AvgIpc) is 2.63. The molecule has 4 amide bonds. The monoisotopic (exact) mass is 292 g/mol. The quantitative estimate of drug-likeness (QED) is 0.451. The van der Waals surface area contributed by atoms with Gasteiger partial charge < -0.3 is 11.1 Å². The number of carbonyl (C=O) groups is 3. The van der Waals surface area contributed by atoms with Gasteiger partial charge in [0.1, 0.15) is 12.1 Å². The zero-order chi connectivity index (χ0) is 15.8. The Morgan fingerprint density at radius 3 is 2.43 bits per heavy atom. The SMILES string of the molecule is C[C@@]1(c2ccc([N+](=O)[O-])cc2)NC(=O)N(CC(N)=O)C1=O. The van der Waals surface area contributed by atoms with E-state index < -0.39 is 34.9 Å². The first kappa shape index (κ1) is 14.4. The Morgan fingerprint density at radius 2 is 1.95 bits per heavy atom. The van der Waals surface area contributed by atoms with E-state index in [0.717, 1.165) is 0 Å². The van der Waals surface area contributed by atoms with Gasteiger partial charge >= 0.3 is 6.03 Å². The summed E-state index contributed by atoms with van der Waals surface area (Å²) in [4.78, 5) is 45.7. The van der Waals surface area contributed by atoms with Gasteiger partial charge in [-0.2, -0.15) is 0 Å². The Labute approximate surface area is 118 Å². The van der Waals surface area contributed by atoms with Crippen molar-refractivity contribution in [3.8, 4) is 0 Å². The van der Waals surface area contributed by atoms with E-state index in [2.05, 4.69) is 5.32 Å². The number of hydrogen-bond donors (Lipinski definition) is 2. The van der Waals surface area contributed by atoms with Crippen LogP contribution in [0.3, 0.4) is 0 Å². The van der Waals surface area contributed by atoms with Gasteiger partial charge in [-0.1, -0.05) is 0 Å². The van der Waals surface area contributed by atoms with Crippen LogP contribution in [0.5, 0.6) is 0 Å². The minimum atomic E-state index is -1.39. The summed E-state index contributed by atoms with van der Waals surface area (Å²) in [5, 5.41) is 13.1. The van der Waals surface area contributed by atoms with Crippen LogP contribution in [-0.4, -0.2) is 34.2 Å². The van der Waals surface area contributed by atoms with E-state index in [0.29, 0.717) is 10.5 Å². The average molecular weight is 292 g/mol. The molecule has 1 aromatic rings. The number of primary amides is 1. The molecule has 1 heterocycles. The van der Waals surface area contributed by atoms with Crippen molar-refractivity contribution in [2.75, 3.05) is 6.54 Å². The van der Waals surface area contributed by atoms with Crippen LogP contribution in [0.4, 0.5) is 10.5 Å². The number of imide groups is 1. The first-order chi connectivity index (χ1) is 9.75. The highest BCUT2D eigenvalue weighted by Crippen LogP contribution is 2.29. The zero-order valence-corrected chi connectivity index (χ0v) is 11.0. The van der Waals surface area contributed by atoms with Crippen molar-refractivity contribution in [3.63, 3.8) is 0 Å². The van der Waals surface area contributed by atoms with Gasteiger partial charge in [-0.05, 0) is 24.6 Å². The van der Waals surface area contributed by atoms with Crippen molar-refractivity contribution < 1.29 is 19.3 Å². The molecule has 3 N–H and O–H groups in total. The van der Waals surface area contributed by atoms with Gasteiger partial charge in [0.15, 0.2) is 0 Å². The third kappa shape index (κ3) is 2.40. The number of carbonyl (C=O) groups excluding carboxylic acids is 3. The van der Waals surface area contributed by atoms with Crippen LogP contribution in [0.1, 0.15) is 12.5 Å². The maximum Gasteiger partial charge on any atom is 0.325 e. The molecule has 110 valence electrons. The Balaban J connectivity index is 2.34. The lowest BCUT2D eigenvalue weighted by Gasteiger charge is -2.21. The van der Waals surface area contributed by atoms with E-state index in [-0.39, 0.29) is 5.69 Å². The topological polar surface area (TPSA) is 136 Å². The summed E-state index contributed by atoms with van der Waals surface area (Å²) in [6.45, 7) is 0.933. The van der Waals surface area contributed by atoms with Crippen LogP contribution >= 0.6 is 0 Å². The summed E-state index contributed by atoms with van der Waals surface area (Å²) >= 11 is 0. The van der Waals surface area contributed by atoms with Crippen molar-refractivity contribution in [3.05, 3.63) is 39.9 Å². The van der Waals surface area contributed by atoms with Gasteiger partial charge in [0, 0.05) is 12.1 Å². The summed E-state index contributed by atoms with van der Waals surface area (Å²) in [6.07, 6.45) is 0. The van der Waals surface area contributed by atoms with Crippen LogP contribution in [0, 0.1) is 10.1 Å². The number of amides is 4. The highest BCUT2D eigenvalue weighted by Gasteiger charge is 2.49. The molecule has 0 bridgehead atoms. The van der Waals surface area contributed by atoms with Crippen LogP contribution < -0.4 is 11.1 Å². The number of rotatable bonds is 4. The van der Waals surface area contributed by atoms with Crippen molar-refractivity contribution in [1.29, 1.82) is 0 Å². The van der Waals surface area contributed by atoms with Crippen molar-refractivity contribution >= 4 is 23.5 Å².